The second-order valence-corrected chi connectivity index (χ2v) is 4.13. The summed E-state index contributed by atoms with van der Waals surface area (Å²) < 4.78 is 5.15. The standard InChI is InChI=1S/C10H21NO3/c1-8(12)5-6-9(13)11-7-10(2,3)14-4/h8,12H,5-7H2,1-4H3,(H,11,13). The van der Waals surface area contributed by atoms with E-state index in [1.54, 1.807) is 14.0 Å². The molecule has 0 bridgehead atoms. The number of nitrogens with one attached hydrogen (secondary N) is 1. The van der Waals surface area contributed by atoms with Crippen LogP contribution < -0.4 is 5.32 Å². The van der Waals surface area contributed by atoms with Gasteiger partial charge in [-0.3, -0.25) is 4.79 Å². The molecule has 1 unspecified atom stereocenters. The van der Waals surface area contributed by atoms with Gasteiger partial charge in [-0.25, -0.2) is 0 Å². The molecule has 0 aromatic carbocycles. The minimum absolute atomic E-state index is 0.0453. The number of carbonyl (C=O) groups excluding carboxylic acids is 1. The fourth-order valence-electron chi connectivity index (χ4n) is 0.812. The zero-order valence-electron chi connectivity index (χ0n) is 9.46. The average Bonchev–Trinajstić information content (AvgIpc) is 2.11. The number of rotatable bonds is 6. The quantitative estimate of drug-likeness (QED) is 0.667. The van der Waals surface area contributed by atoms with E-state index in [1.165, 1.54) is 0 Å². The highest BCUT2D eigenvalue weighted by atomic mass is 16.5. The Bertz CT molecular complexity index is 178. The van der Waals surface area contributed by atoms with Gasteiger partial charge >= 0.3 is 0 Å². The maximum absolute atomic E-state index is 11.2. The third kappa shape index (κ3) is 6.86. The monoisotopic (exact) mass is 203 g/mol. The van der Waals surface area contributed by atoms with Crippen molar-refractivity contribution in [1.82, 2.24) is 5.32 Å². The van der Waals surface area contributed by atoms with Gasteiger partial charge in [0.25, 0.3) is 0 Å². The molecule has 0 spiro atoms. The van der Waals surface area contributed by atoms with Crippen LogP contribution in [0.2, 0.25) is 0 Å². The fraction of sp³-hybridized carbons (Fsp3) is 0.900. The molecule has 0 radical (unpaired) electrons. The topological polar surface area (TPSA) is 58.6 Å². The summed E-state index contributed by atoms with van der Waals surface area (Å²) in [5.41, 5.74) is -0.333. The number of ether oxygens (including phenoxy) is 1. The van der Waals surface area contributed by atoms with E-state index in [0.717, 1.165) is 0 Å². The van der Waals surface area contributed by atoms with Crippen molar-refractivity contribution in [2.24, 2.45) is 0 Å². The molecule has 0 aliphatic carbocycles. The van der Waals surface area contributed by atoms with Crippen LogP contribution in [-0.4, -0.2) is 36.4 Å². The molecule has 0 aromatic heterocycles. The van der Waals surface area contributed by atoms with Gasteiger partial charge in [0.15, 0.2) is 0 Å². The van der Waals surface area contributed by atoms with Crippen molar-refractivity contribution in [1.29, 1.82) is 0 Å². The summed E-state index contributed by atoms with van der Waals surface area (Å²) in [6.07, 6.45) is 0.438. The molecule has 1 atom stereocenters. The Hall–Kier alpha value is -0.610. The molecule has 0 saturated carbocycles. The van der Waals surface area contributed by atoms with E-state index >= 15 is 0 Å². The van der Waals surface area contributed by atoms with Gasteiger partial charge in [-0.05, 0) is 27.2 Å². The maximum atomic E-state index is 11.2. The Morgan fingerprint density at radius 3 is 2.57 bits per heavy atom. The predicted molar refractivity (Wildman–Crippen MR) is 55.0 cm³/mol. The van der Waals surface area contributed by atoms with Gasteiger partial charge in [-0.15, -0.1) is 0 Å². The van der Waals surface area contributed by atoms with Crippen LogP contribution in [0.4, 0.5) is 0 Å². The fourth-order valence-corrected chi connectivity index (χ4v) is 0.812. The largest absolute Gasteiger partial charge is 0.393 e. The van der Waals surface area contributed by atoms with Gasteiger partial charge in [-0.1, -0.05) is 0 Å². The molecule has 14 heavy (non-hydrogen) atoms. The number of methoxy groups -OCH3 is 1. The normalized spacial score (nSPS) is 13.8. The lowest BCUT2D eigenvalue weighted by atomic mass is 10.1. The van der Waals surface area contributed by atoms with Crippen LogP contribution in [0.5, 0.6) is 0 Å². The summed E-state index contributed by atoms with van der Waals surface area (Å²) in [5, 5.41) is 11.7. The highest BCUT2D eigenvalue weighted by Gasteiger charge is 2.17. The molecular formula is C10H21NO3. The van der Waals surface area contributed by atoms with Crippen LogP contribution in [0, 0.1) is 0 Å². The van der Waals surface area contributed by atoms with Crippen LogP contribution in [0.25, 0.3) is 0 Å². The van der Waals surface area contributed by atoms with E-state index in [9.17, 15) is 4.79 Å². The van der Waals surface area contributed by atoms with E-state index in [1.807, 2.05) is 13.8 Å². The number of hydrogen-bond donors (Lipinski definition) is 2. The van der Waals surface area contributed by atoms with Crippen molar-refractivity contribution in [3.05, 3.63) is 0 Å². The van der Waals surface area contributed by atoms with E-state index < -0.39 is 6.10 Å². The molecule has 0 aromatic rings. The second kappa shape index (κ2) is 5.98. The lowest BCUT2D eigenvalue weighted by Crippen LogP contribution is -2.39. The molecule has 84 valence electrons. The Morgan fingerprint density at radius 2 is 2.14 bits per heavy atom. The smallest absolute Gasteiger partial charge is 0.220 e. The third-order valence-corrected chi connectivity index (χ3v) is 2.05. The Labute approximate surface area is 85.6 Å². The van der Waals surface area contributed by atoms with Crippen molar-refractivity contribution in [2.45, 2.75) is 45.3 Å². The molecule has 0 rings (SSSR count). The number of hydrogen-bond acceptors (Lipinski definition) is 3. The first-order valence-corrected chi connectivity index (χ1v) is 4.87. The lowest BCUT2D eigenvalue weighted by molar-refractivity contribution is -0.122. The molecular weight excluding hydrogens is 182 g/mol. The summed E-state index contributed by atoms with van der Waals surface area (Å²) in [6, 6.07) is 0. The van der Waals surface area contributed by atoms with Crippen LogP contribution >= 0.6 is 0 Å². The van der Waals surface area contributed by atoms with E-state index in [2.05, 4.69) is 5.32 Å². The molecule has 0 heterocycles. The van der Waals surface area contributed by atoms with Gasteiger partial charge < -0.3 is 15.2 Å². The molecule has 0 saturated heterocycles. The molecule has 0 aliphatic rings. The predicted octanol–water partition coefficient (Wildman–Crippen LogP) is 0.689. The van der Waals surface area contributed by atoms with Crippen LogP contribution in [0.15, 0.2) is 0 Å². The van der Waals surface area contributed by atoms with Crippen molar-refractivity contribution in [2.75, 3.05) is 13.7 Å². The van der Waals surface area contributed by atoms with E-state index in [-0.39, 0.29) is 11.5 Å². The van der Waals surface area contributed by atoms with Crippen molar-refractivity contribution in [3.63, 3.8) is 0 Å². The number of aliphatic hydroxyl groups excluding tert-OH is 1. The van der Waals surface area contributed by atoms with Gasteiger partial charge in [-0.2, -0.15) is 0 Å². The van der Waals surface area contributed by atoms with E-state index in [0.29, 0.717) is 19.4 Å². The molecule has 4 heteroatoms. The maximum Gasteiger partial charge on any atom is 0.220 e. The molecule has 4 nitrogen and oxygen atoms in total. The van der Waals surface area contributed by atoms with Crippen LogP contribution in [0.3, 0.4) is 0 Å². The van der Waals surface area contributed by atoms with Gasteiger partial charge in [0.2, 0.25) is 5.91 Å². The van der Waals surface area contributed by atoms with Crippen molar-refractivity contribution in [3.8, 4) is 0 Å². The Kier molecular flexibility index (Phi) is 5.72. The second-order valence-electron chi connectivity index (χ2n) is 4.13. The number of aliphatic hydroxyl groups is 1. The first-order valence-electron chi connectivity index (χ1n) is 4.87. The summed E-state index contributed by atoms with van der Waals surface area (Å²) in [4.78, 5) is 11.2. The molecule has 0 fully saturated rings. The third-order valence-electron chi connectivity index (χ3n) is 2.05. The first-order chi connectivity index (χ1) is 6.37. The minimum atomic E-state index is -0.420. The molecule has 0 aliphatic heterocycles. The van der Waals surface area contributed by atoms with Gasteiger partial charge in [0.1, 0.15) is 0 Å². The zero-order valence-corrected chi connectivity index (χ0v) is 9.46. The number of carbonyl (C=O) groups is 1. The van der Waals surface area contributed by atoms with Gasteiger partial charge in [0.05, 0.1) is 11.7 Å². The lowest BCUT2D eigenvalue weighted by Gasteiger charge is -2.23. The summed E-state index contributed by atoms with van der Waals surface area (Å²) >= 11 is 0. The molecule has 2 N–H and O–H groups in total. The summed E-state index contributed by atoms with van der Waals surface area (Å²) in [6.45, 7) is 5.97. The first kappa shape index (κ1) is 13.4. The Morgan fingerprint density at radius 1 is 1.57 bits per heavy atom. The van der Waals surface area contributed by atoms with Crippen LogP contribution in [0.1, 0.15) is 33.6 Å². The summed E-state index contributed by atoms with van der Waals surface area (Å²) in [5.74, 6) is -0.0453. The average molecular weight is 203 g/mol. The van der Waals surface area contributed by atoms with Crippen molar-refractivity contribution < 1.29 is 14.6 Å². The SMILES string of the molecule is COC(C)(C)CNC(=O)CCC(C)O. The van der Waals surface area contributed by atoms with Gasteiger partial charge in [0, 0.05) is 20.1 Å². The van der Waals surface area contributed by atoms with E-state index in [4.69, 9.17) is 9.84 Å². The van der Waals surface area contributed by atoms with Crippen LogP contribution in [-0.2, 0) is 9.53 Å². The Balaban J connectivity index is 3.64. The zero-order chi connectivity index (χ0) is 11.2. The minimum Gasteiger partial charge on any atom is -0.393 e. The highest BCUT2D eigenvalue weighted by molar-refractivity contribution is 5.75. The highest BCUT2D eigenvalue weighted by Crippen LogP contribution is 2.05. The number of amides is 1. The van der Waals surface area contributed by atoms with Crippen molar-refractivity contribution >= 4 is 5.91 Å². The summed E-state index contributed by atoms with van der Waals surface area (Å²) in [7, 11) is 1.61. The molecule has 1 amide bonds.